The van der Waals surface area contributed by atoms with Gasteiger partial charge >= 0.3 is 0 Å². The molecule has 1 aromatic rings. The molecule has 0 fully saturated rings. The van der Waals surface area contributed by atoms with Gasteiger partial charge in [0.25, 0.3) is 0 Å². The first kappa shape index (κ1) is 16.3. The summed E-state index contributed by atoms with van der Waals surface area (Å²) in [6.45, 7) is 4.90. The van der Waals surface area contributed by atoms with E-state index in [0.29, 0.717) is 18.1 Å². The molecule has 1 N–H and O–H groups in total. The zero-order valence-electron chi connectivity index (χ0n) is 12.4. The highest BCUT2D eigenvalue weighted by atomic mass is 32.2. The van der Waals surface area contributed by atoms with Crippen LogP contribution in [0.5, 0.6) is 0 Å². The van der Waals surface area contributed by atoms with Crippen LogP contribution in [0.1, 0.15) is 29.2 Å². The number of ether oxygens (including phenoxy) is 1. The van der Waals surface area contributed by atoms with Gasteiger partial charge < -0.3 is 10.1 Å². The average Bonchev–Trinajstić information content (AvgIpc) is 2.39. The maximum atomic E-state index is 12.0. The maximum absolute atomic E-state index is 12.0. The van der Waals surface area contributed by atoms with Crippen LogP contribution >= 0.6 is 0 Å². The molecular weight excluding hydrogens is 258 g/mol. The monoisotopic (exact) mass is 283 g/mol. The van der Waals surface area contributed by atoms with E-state index in [1.54, 1.807) is 7.11 Å². The van der Waals surface area contributed by atoms with Crippen molar-refractivity contribution >= 4 is 10.8 Å². The lowest BCUT2D eigenvalue weighted by Crippen LogP contribution is -2.24. The molecule has 0 heterocycles. The second kappa shape index (κ2) is 8.46. The summed E-state index contributed by atoms with van der Waals surface area (Å²) < 4.78 is 17.0. The largest absolute Gasteiger partial charge is 0.385 e. The van der Waals surface area contributed by atoms with E-state index in [1.807, 2.05) is 7.05 Å². The second-order valence-corrected chi connectivity index (χ2v) is 6.46. The number of benzene rings is 1. The Morgan fingerprint density at radius 2 is 2.05 bits per heavy atom. The summed E-state index contributed by atoms with van der Waals surface area (Å²) in [5, 5.41) is 3.26. The lowest BCUT2D eigenvalue weighted by Gasteiger charge is -2.17. The highest BCUT2D eigenvalue weighted by Crippen LogP contribution is 2.18. The van der Waals surface area contributed by atoms with Gasteiger partial charge in [0.2, 0.25) is 0 Å². The SMILES string of the molecule is CNC(CS(=O)CCCOC)c1ccc(C)c(C)c1. The molecular formula is C15H25NO2S. The first-order valence-electron chi connectivity index (χ1n) is 6.66. The summed E-state index contributed by atoms with van der Waals surface area (Å²) in [6.07, 6.45) is 0.854. The van der Waals surface area contributed by atoms with E-state index in [0.717, 1.165) is 6.42 Å². The van der Waals surface area contributed by atoms with Crippen molar-refractivity contribution < 1.29 is 8.95 Å². The zero-order valence-corrected chi connectivity index (χ0v) is 13.2. The number of rotatable bonds is 8. The van der Waals surface area contributed by atoms with Crippen molar-refractivity contribution in [3.63, 3.8) is 0 Å². The van der Waals surface area contributed by atoms with E-state index in [-0.39, 0.29) is 6.04 Å². The minimum atomic E-state index is -0.806. The Hall–Kier alpha value is -0.710. The molecule has 0 bridgehead atoms. The van der Waals surface area contributed by atoms with Crippen LogP contribution < -0.4 is 5.32 Å². The van der Waals surface area contributed by atoms with Crippen molar-refractivity contribution in [3.8, 4) is 0 Å². The molecule has 1 aromatic carbocycles. The molecule has 0 aliphatic carbocycles. The van der Waals surface area contributed by atoms with Crippen LogP contribution in [0, 0.1) is 13.8 Å². The molecule has 0 aliphatic heterocycles. The van der Waals surface area contributed by atoms with Crippen LogP contribution in [0.15, 0.2) is 18.2 Å². The molecule has 0 aromatic heterocycles. The molecule has 108 valence electrons. The summed E-state index contributed by atoms with van der Waals surface area (Å²) in [7, 11) is 2.79. The number of methoxy groups -OCH3 is 1. The van der Waals surface area contributed by atoms with Crippen molar-refractivity contribution in [1.29, 1.82) is 0 Å². The molecule has 0 radical (unpaired) electrons. The molecule has 2 atom stereocenters. The fourth-order valence-corrected chi connectivity index (χ4v) is 3.30. The van der Waals surface area contributed by atoms with Crippen LogP contribution in [0.25, 0.3) is 0 Å². The van der Waals surface area contributed by atoms with Crippen molar-refractivity contribution in [1.82, 2.24) is 5.32 Å². The van der Waals surface area contributed by atoms with Gasteiger partial charge in [0.1, 0.15) is 0 Å². The molecule has 4 heteroatoms. The van der Waals surface area contributed by atoms with Gasteiger partial charge in [-0.2, -0.15) is 0 Å². The Morgan fingerprint density at radius 1 is 1.32 bits per heavy atom. The first-order chi connectivity index (χ1) is 9.08. The van der Waals surface area contributed by atoms with Crippen molar-refractivity contribution in [2.24, 2.45) is 0 Å². The fraction of sp³-hybridized carbons (Fsp3) is 0.600. The minimum Gasteiger partial charge on any atom is -0.385 e. The molecule has 3 nitrogen and oxygen atoms in total. The Bertz CT molecular complexity index is 421. The molecule has 0 saturated heterocycles. The van der Waals surface area contributed by atoms with Crippen molar-refractivity contribution in [2.75, 3.05) is 32.3 Å². The quantitative estimate of drug-likeness (QED) is 0.744. The van der Waals surface area contributed by atoms with E-state index in [2.05, 4.69) is 37.4 Å². The Kier molecular flexibility index (Phi) is 7.28. The van der Waals surface area contributed by atoms with Gasteiger partial charge in [-0.25, -0.2) is 0 Å². The molecule has 1 rings (SSSR count). The molecule has 0 amide bonds. The van der Waals surface area contributed by atoms with E-state index < -0.39 is 10.8 Å². The lowest BCUT2D eigenvalue weighted by molar-refractivity contribution is 0.200. The van der Waals surface area contributed by atoms with Gasteiger partial charge in [0.05, 0.1) is 0 Å². The van der Waals surface area contributed by atoms with Crippen LogP contribution in [0.3, 0.4) is 0 Å². The zero-order chi connectivity index (χ0) is 14.3. The number of hydrogen-bond acceptors (Lipinski definition) is 3. The predicted octanol–water partition coefficient (Wildman–Crippen LogP) is 2.35. The minimum absolute atomic E-state index is 0.155. The predicted molar refractivity (Wildman–Crippen MR) is 82.1 cm³/mol. The molecule has 19 heavy (non-hydrogen) atoms. The molecule has 2 unspecified atom stereocenters. The number of nitrogens with one attached hydrogen (secondary N) is 1. The van der Waals surface area contributed by atoms with E-state index in [4.69, 9.17) is 4.74 Å². The maximum Gasteiger partial charge on any atom is 0.0471 e. The van der Waals surface area contributed by atoms with Gasteiger partial charge in [-0.3, -0.25) is 4.21 Å². The fourth-order valence-electron chi connectivity index (χ4n) is 1.96. The standard InChI is InChI=1S/C15H25NO2S/c1-12-6-7-14(10-13(12)2)15(16-3)11-19(17)9-5-8-18-4/h6-7,10,15-16H,5,8-9,11H2,1-4H3. The number of aryl methyl sites for hydroxylation is 2. The first-order valence-corrected chi connectivity index (χ1v) is 8.15. The van der Waals surface area contributed by atoms with Crippen molar-refractivity contribution in [3.05, 3.63) is 34.9 Å². The van der Waals surface area contributed by atoms with Crippen LogP contribution in [0.4, 0.5) is 0 Å². The highest BCUT2D eigenvalue weighted by molar-refractivity contribution is 7.85. The Morgan fingerprint density at radius 3 is 2.63 bits per heavy atom. The number of hydrogen-bond donors (Lipinski definition) is 1. The normalized spacial score (nSPS) is 14.3. The van der Waals surface area contributed by atoms with Gasteiger partial charge in [-0.1, -0.05) is 18.2 Å². The summed E-state index contributed by atoms with van der Waals surface area (Å²) in [5.74, 6) is 1.36. The van der Waals surface area contributed by atoms with Crippen molar-refractivity contribution in [2.45, 2.75) is 26.3 Å². The third-order valence-electron chi connectivity index (χ3n) is 3.35. The van der Waals surface area contributed by atoms with Crippen LogP contribution in [-0.2, 0) is 15.5 Å². The summed E-state index contributed by atoms with van der Waals surface area (Å²) in [6, 6.07) is 6.59. The van der Waals surface area contributed by atoms with Crippen LogP contribution in [0.2, 0.25) is 0 Å². The lowest BCUT2D eigenvalue weighted by atomic mass is 10.0. The van der Waals surface area contributed by atoms with E-state index >= 15 is 0 Å². The second-order valence-electron chi connectivity index (χ2n) is 4.84. The summed E-state index contributed by atoms with van der Waals surface area (Å²) in [5.41, 5.74) is 3.79. The summed E-state index contributed by atoms with van der Waals surface area (Å²) in [4.78, 5) is 0. The van der Waals surface area contributed by atoms with Gasteiger partial charge in [-0.05, 0) is 44.0 Å². The van der Waals surface area contributed by atoms with E-state index in [1.165, 1.54) is 16.7 Å². The van der Waals surface area contributed by atoms with Gasteiger partial charge in [-0.15, -0.1) is 0 Å². The van der Waals surface area contributed by atoms with Gasteiger partial charge in [0.15, 0.2) is 0 Å². The third kappa shape index (κ3) is 5.43. The highest BCUT2D eigenvalue weighted by Gasteiger charge is 2.13. The summed E-state index contributed by atoms with van der Waals surface area (Å²) >= 11 is 0. The molecule has 0 aliphatic rings. The van der Waals surface area contributed by atoms with Crippen LogP contribution in [-0.4, -0.2) is 36.5 Å². The van der Waals surface area contributed by atoms with Gasteiger partial charge in [0, 0.05) is 42.1 Å². The average molecular weight is 283 g/mol. The molecule has 0 saturated carbocycles. The topological polar surface area (TPSA) is 38.3 Å². The van der Waals surface area contributed by atoms with E-state index in [9.17, 15) is 4.21 Å². The third-order valence-corrected chi connectivity index (χ3v) is 4.80. The molecule has 0 spiro atoms. The Labute approximate surface area is 119 Å². The Balaban J connectivity index is 2.62. The smallest absolute Gasteiger partial charge is 0.0471 e.